The first kappa shape index (κ1) is 27.7. The molecule has 1 aromatic rings. The second-order valence-electron chi connectivity index (χ2n) is 9.82. The van der Waals surface area contributed by atoms with Crippen LogP contribution in [0.1, 0.15) is 51.4 Å². The molecule has 0 aliphatic carbocycles. The SMILES string of the molecule is COCCCOc1cc(C(=O)N(CC2CN(C(=O)OC(C)(C)C)CC2O)C(C)C)ccc1OC. The van der Waals surface area contributed by atoms with Crippen LogP contribution in [0.2, 0.25) is 0 Å². The first-order valence-electron chi connectivity index (χ1n) is 11.7. The Kier molecular flexibility index (Phi) is 10.00. The van der Waals surface area contributed by atoms with Gasteiger partial charge in [-0.2, -0.15) is 0 Å². The minimum absolute atomic E-state index is 0.108. The summed E-state index contributed by atoms with van der Waals surface area (Å²) in [6, 6.07) is 4.99. The zero-order valence-electron chi connectivity index (χ0n) is 21.5. The first-order chi connectivity index (χ1) is 16.0. The monoisotopic (exact) mass is 480 g/mol. The number of nitrogens with zero attached hydrogens (tertiary/aromatic N) is 2. The Balaban J connectivity index is 2.13. The van der Waals surface area contributed by atoms with Crippen LogP contribution in [0, 0.1) is 5.92 Å². The number of rotatable bonds is 10. The van der Waals surface area contributed by atoms with Gasteiger partial charge in [-0.05, 0) is 52.8 Å². The van der Waals surface area contributed by atoms with Gasteiger partial charge in [0.05, 0.1) is 26.4 Å². The minimum Gasteiger partial charge on any atom is -0.493 e. The molecule has 1 aliphatic rings. The van der Waals surface area contributed by atoms with E-state index in [-0.39, 0.29) is 24.4 Å². The zero-order chi connectivity index (χ0) is 25.5. The number of aliphatic hydroxyl groups excluding tert-OH is 1. The van der Waals surface area contributed by atoms with Gasteiger partial charge in [0.25, 0.3) is 5.91 Å². The average molecular weight is 481 g/mol. The molecule has 1 heterocycles. The van der Waals surface area contributed by atoms with E-state index in [2.05, 4.69) is 0 Å². The van der Waals surface area contributed by atoms with Crippen LogP contribution in [0.25, 0.3) is 0 Å². The normalized spacial score (nSPS) is 18.2. The van der Waals surface area contributed by atoms with Crippen LogP contribution in [-0.2, 0) is 9.47 Å². The van der Waals surface area contributed by atoms with Crippen molar-refractivity contribution >= 4 is 12.0 Å². The van der Waals surface area contributed by atoms with Gasteiger partial charge in [0, 0.05) is 50.8 Å². The Morgan fingerprint density at radius 3 is 2.44 bits per heavy atom. The summed E-state index contributed by atoms with van der Waals surface area (Å²) in [5.41, 5.74) is -0.148. The number of amides is 2. The van der Waals surface area contributed by atoms with Crippen molar-refractivity contribution < 1.29 is 33.6 Å². The van der Waals surface area contributed by atoms with Gasteiger partial charge in [0.2, 0.25) is 0 Å². The molecule has 192 valence electrons. The number of carbonyl (C=O) groups excluding carboxylic acids is 2. The molecular formula is C25H40N2O7. The largest absolute Gasteiger partial charge is 0.493 e. The molecule has 1 fully saturated rings. The van der Waals surface area contributed by atoms with E-state index in [1.54, 1.807) is 58.1 Å². The summed E-state index contributed by atoms with van der Waals surface area (Å²) in [4.78, 5) is 29.1. The van der Waals surface area contributed by atoms with Gasteiger partial charge in [-0.15, -0.1) is 0 Å². The lowest BCUT2D eigenvalue weighted by atomic mass is 10.0. The van der Waals surface area contributed by atoms with Crippen LogP contribution in [0.5, 0.6) is 11.5 Å². The standard InChI is InChI=1S/C25H40N2O7/c1-17(2)27(15-19-14-26(16-20(19)28)24(30)34-25(3,4)5)23(29)18-9-10-21(32-7)22(13-18)33-12-8-11-31-6/h9-10,13,17,19-20,28H,8,11-12,14-16H2,1-7H3. The molecule has 34 heavy (non-hydrogen) atoms. The molecule has 0 bridgehead atoms. The molecule has 0 aromatic heterocycles. The molecule has 2 amide bonds. The Hall–Kier alpha value is -2.52. The highest BCUT2D eigenvalue weighted by Crippen LogP contribution is 2.30. The number of carbonyl (C=O) groups is 2. The van der Waals surface area contributed by atoms with Crippen LogP contribution < -0.4 is 9.47 Å². The fourth-order valence-electron chi connectivity index (χ4n) is 3.76. The third-order valence-corrected chi connectivity index (χ3v) is 5.53. The molecule has 2 rings (SSSR count). The van der Waals surface area contributed by atoms with Crippen LogP contribution in [-0.4, -0.2) is 91.7 Å². The summed E-state index contributed by atoms with van der Waals surface area (Å²) in [6.07, 6.45) is -0.483. The summed E-state index contributed by atoms with van der Waals surface area (Å²) in [7, 11) is 3.19. The summed E-state index contributed by atoms with van der Waals surface area (Å²) >= 11 is 0. The van der Waals surface area contributed by atoms with Crippen molar-refractivity contribution in [1.29, 1.82) is 0 Å². The van der Waals surface area contributed by atoms with Crippen LogP contribution in [0.15, 0.2) is 18.2 Å². The number of likely N-dealkylation sites (tertiary alicyclic amines) is 1. The Bertz CT molecular complexity index is 822. The number of hydrogen-bond acceptors (Lipinski definition) is 7. The number of ether oxygens (including phenoxy) is 4. The molecule has 0 saturated carbocycles. The van der Waals surface area contributed by atoms with Gasteiger partial charge < -0.3 is 33.9 Å². The summed E-state index contributed by atoms with van der Waals surface area (Å²) in [5.74, 6) is 0.582. The lowest BCUT2D eigenvalue weighted by molar-refractivity contribution is 0.0269. The average Bonchev–Trinajstić information content (AvgIpc) is 3.13. The van der Waals surface area contributed by atoms with Crippen molar-refractivity contribution in [3.63, 3.8) is 0 Å². The van der Waals surface area contributed by atoms with E-state index in [0.29, 0.717) is 49.8 Å². The van der Waals surface area contributed by atoms with Crippen molar-refractivity contribution in [3.8, 4) is 11.5 Å². The summed E-state index contributed by atoms with van der Waals surface area (Å²) < 4.78 is 21.7. The number of benzene rings is 1. The van der Waals surface area contributed by atoms with E-state index in [0.717, 1.165) is 0 Å². The highest BCUT2D eigenvalue weighted by atomic mass is 16.6. The topological polar surface area (TPSA) is 97.8 Å². The van der Waals surface area contributed by atoms with Crippen molar-refractivity contribution in [3.05, 3.63) is 23.8 Å². The summed E-state index contributed by atoms with van der Waals surface area (Å²) in [5, 5.41) is 10.6. The lowest BCUT2D eigenvalue weighted by Gasteiger charge is -2.30. The Morgan fingerprint density at radius 1 is 1.15 bits per heavy atom. The molecule has 9 heteroatoms. The fourth-order valence-corrected chi connectivity index (χ4v) is 3.76. The maximum Gasteiger partial charge on any atom is 0.410 e. The molecule has 2 unspecified atom stereocenters. The molecule has 1 N–H and O–H groups in total. The number of methoxy groups -OCH3 is 2. The van der Waals surface area contributed by atoms with Crippen LogP contribution in [0.4, 0.5) is 4.79 Å². The van der Waals surface area contributed by atoms with Crippen molar-refractivity contribution in [2.24, 2.45) is 5.92 Å². The maximum atomic E-state index is 13.4. The molecule has 1 saturated heterocycles. The first-order valence-corrected chi connectivity index (χ1v) is 11.7. The van der Waals surface area contributed by atoms with E-state index in [1.165, 1.54) is 4.90 Å². The number of β-amino-alcohol motifs (C(OH)–C–C–N with tert-alkyl or cyclic N) is 1. The van der Waals surface area contributed by atoms with Gasteiger partial charge >= 0.3 is 6.09 Å². The van der Waals surface area contributed by atoms with E-state index < -0.39 is 17.8 Å². The smallest absolute Gasteiger partial charge is 0.410 e. The molecule has 1 aliphatic heterocycles. The van der Waals surface area contributed by atoms with Crippen molar-refractivity contribution in [2.75, 3.05) is 47.1 Å². The van der Waals surface area contributed by atoms with Gasteiger partial charge in [-0.25, -0.2) is 4.79 Å². The fraction of sp³-hybridized carbons (Fsp3) is 0.680. The lowest BCUT2D eigenvalue weighted by Crippen LogP contribution is -2.43. The molecule has 2 atom stereocenters. The zero-order valence-corrected chi connectivity index (χ0v) is 21.5. The number of hydrogen-bond donors (Lipinski definition) is 1. The van der Waals surface area contributed by atoms with Crippen LogP contribution in [0.3, 0.4) is 0 Å². The van der Waals surface area contributed by atoms with Gasteiger partial charge in [0.1, 0.15) is 5.60 Å². The van der Waals surface area contributed by atoms with E-state index in [4.69, 9.17) is 18.9 Å². The van der Waals surface area contributed by atoms with Crippen LogP contribution >= 0.6 is 0 Å². The van der Waals surface area contributed by atoms with Gasteiger partial charge in [-0.1, -0.05) is 0 Å². The second-order valence-corrected chi connectivity index (χ2v) is 9.82. The molecule has 0 radical (unpaired) electrons. The third-order valence-electron chi connectivity index (χ3n) is 5.53. The quantitative estimate of drug-likeness (QED) is 0.514. The Morgan fingerprint density at radius 2 is 1.85 bits per heavy atom. The number of aliphatic hydroxyl groups is 1. The Labute approximate surface area is 202 Å². The highest BCUT2D eigenvalue weighted by Gasteiger charge is 2.38. The van der Waals surface area contributed by atoms with Crippen molar-refractivity contribution in [1.82, 2.24) is 9.80 Å². The van der Waals surface area contributed by atoms with Gasteiger partial charge in [0.15, 0.2) is 11.5 Å². The predicted molar refractivity (Wildman–Crippen MR) is 128 cm³/mol. The summed E-state index contributed by atoms with van der Waals surface area (Å²) in [6.45, 7) is 11.1. The maximum absolute atomic E-state index is 13.4. The predicted octanol–water partition coefficient (Wildman–Crippen LogP) is 3.19. The highest BCUT2D eigenvalue weighted by molar-refractivity contribution is 5.95. The second kappa shape index (κ2) is 12.3. The minimum atomic E-state index is -0.739. The molecular weight excluding hydrogens is 440 g/mol. The third kappa shape index (κ3) is 7.77. The van der Waals surface area contributed by atoms with E-state index >= 15 is 0 Å². The van der Waals surface area contributed by atoms with E-state index in [9.17, 15) is 14.7 Å². The molecule has 0 spiro atoms. The molecule has 1 aromatic carbocycles. The van der Waals surface area contributed by atoms with Gasteiger partial charge in [-0.3, -0.25) is 4.79 Å². The molecule has 9 nitrogen and oxygen atoms in total. The van der Waals surface area contributed by atoms with Crippen molar-refractivity contribution in [2.45, 2.75) is 58.8 Å². The van der Waals surface area contributed by atoms with E-state index in [1.807, 2.05) is 13.8 Å².